The van der Waals surface area contributed by atoms with Crippen LogP contribution in [0.25, 0.3) is 20.7 Å². The normalized spacial score (nSPS) is 16.1. The van der Waals surface area contributed by atoms with Crippen molar-refractivity contribution in [3.8, 4) is 16.6 Å². The molecule has 0 radical (unpaired) electrons. The summed E-state index contributed by atoms with van der Waals surface area (Å²) >= 11 is 1.18. The van der Waals surface area contributed by atoms with Crippen molar-refractivity contribution in [3.63, 3.8) is 0 Å². The first kappa shape index (κ1) is 21.0. The van der Waals surface area contributed by atoms with Crippen molar-refractivity contribution in [2.75, 3.05) is 13.2 Å². The van der Waals surface area contributed by atoms with Gasteiger partial charge < -0.3 is 10.1 Å². The average Bonchev–Trinajstić information content (AvgIpc) is 3.21. The van der Waals surface area contributed by atoms with Crippen LogP contribution in [-0.2, 0) is 11.0 Å². The van der Waals surface area contributed by atoms with Crippen molar-refractivity contribution in [1.29, 1.82) is 0 Å². The van der Waals surface area contributed by atoms with E-state index in [1.165, 1.54) is 11.3 Å². The Morgan fingerprint density at radius 3 is 2.61 bits per heavy atom. The molecule has 1 aromatic carbocycles. The van der Waals surface area contributed by atoms with Gasteiger partial charge in [-0.2, -0.15) is 18.2 Å². The predicted octanol–water partition coefficient (Wildman–Crippen LogP) is 4.09. The van der Waals surface area contributed by atoms with E-state index in [0.717, 1.165) is 15.0 Å². The highest BCUT2D eigenvalue weighted by molar-refractivity contribution is 7.22. The highest BCUT2D eigenvalue weighted by Gasteiger charge is 2.44. The van der Waals surface area contributed by atoms with Gasteiger partial charge >= 0.3 is 18.2 Å². The summed E-state index contributed by atoms with van der Waals surface area (Å²) in [6, 6.07) is 8.03. The maximum Gasteiger partial charge on any atom is 0.420 e. The van der Waals surface area contributed by atoms with E-state index in [4.69, 9.17) is 4.74 Å². The van der Waals surface area contributed by atoms with Gasteiger partial charge in [0, 0.05) is 10.9 Å². The van der Waals surface area contributed by atoms with Crippen LogP contribution in [0.15, 0.2) is 36.5 Å². The van der Waals surface area contributed by atoms with E-state index < -0.39 is 29.2 Å². The molecule has 1 aliphatic heterocycles. The lowest BCUT2D eigenvalue weighted by atomic mass is 10.1. The number of carbonyl (C=O) groups excluding carboxylic acids is 2. The summed E-state index contributed by atoms with van der Waals surface area (Å²) in [6.45, 7) is 2.90. The van der Waals surface area contributed by atoms with E-state index in [0.29, 0.717) is 11.1 Å². The molecule has 3 amide bonds. The van der Waals surface area contributed by atoms with E-state index >= 15 is 0 Å². The number of ether oxygens (including phenoxy) is 1. The fourth-order valence-corrected chi connectivity index (χ4v) is 4.24. The Hall–Kier alpha value is -3.21. The number of imide groups is 1. The largest absolute Gasteiger partial charge is 0.462 e. The Balaban J connectivity index is 1.58. The molecule has 1 aliphatic rings. The first-order valence-electron chi connectivity index (χ1n) is 9.26. The van der Waals surface area contributed by atoms with Crippen LogP contribution in [0.4, 0.5) is 18.0 Å². The molecule has 7 nitrogen and oxygen atoms in total. The summed E-state index contributed by atoms with van der Waals surface area (Å²) in [5, 5.41) is 3.34. The van der Waals surface area contributed by atoms with Crippen molar-refractivity contribution in [2.45, 2.75) is 25.6 Å². The number of carbonyl (C=O) groups is 2. The molecule has 11 heteroatoms. The van der Waals surface area contributed by atoms with Crippen LogP contribution in [0.2, 0.25) is 0 Å². The third-order valence-corrected chi connectivity index (χ3v) is 5.84. The quantitative estimate of drug-likeness (QED) is 0.592. The Bertz CT molecular complexity index is 1140. The SMILES string of the molecule is CC1(C)NC(=O)N(CCOc2ncc(C(F)(F)F)c(-c3cc4ccccc4s3)n2)C1=O. The molecule has 0 aliphatic carbocycles. The number of rotatable bonds is 5. The van der Waals surface area contributed by atoms with Gasteiger partial charge in [0.25, 0.3) is 5.91 Å². The second-order valence-corrected chi connectivity index (χ2v) is 8.51. The maximum absolute atomic E-state index is 13.5. The van der Waals surface area contributed by atoms with Crippen LogP contribution >= 0.6 is 11.3 Å². The first-order valence-corrected chi connectivity index (χ1v) is 10.1. The van der Waals surface area contributed by atoms with Crippen molar-refractivity contribution in [2.24, 2.45) is 0 Å². The van der Waals surface area contributed by atoms with Crippen LogP contribution in [0.3, 0.4) is 0 Å². The lowest BCUT2D eigenvalue weighted by molar-refractivity contribution is -0.137. The molecule has 0 saturated carbocycles. The minimum atomic E-state index is -4.64. The van der Waals surface area contributed by atoms with Crippen molar-refractivity contribution in [1.82, 2.24) is 20.2 Å². The number of halogens is 3. The number of nitrogens with one attached hydrogen (secondary N) is 1. The van der Waals surface area contributed by atoms with Gasteiger partial charge in [0.05, 0.1) is 17.1 Å². The zero-order valence-electron chi connectivity index (χ0n) is 16.5. The summed E-state index contributed by atoms with van der Waals surface area (Å²) in [4.78, 5) is 33.1. The summed E-state index contributed by atoms with van der Waals surface area (Å²) in [6.07, 6.45) is -3.96. The Morgan fingerprint density at radius 1 is 1.23 bits per heavy atom. The number of aromatic nitrogens is 2. The van der Waals surface area contributed by atoms with Gasteiger partial charge in [0.15, 0.2) is 0 Å². The van der Waals surface area contributed by atoms with Gasteiger partial charge in [-0.3, -0.25) is 9.69 Å². The Labute approximate surface area is 178 Å². The van der Waals surface area contributed by atoms with Gasteiger partial charge in [-0.25, -0.2) is 9.78 Å². The van der Waals surface area contributed by atoms with Crippen LogP contribution in [-0.4, -0.2) is 45.5 Å². The van der Waals surface area contributed by atoms with Gasteiger partial charge in [-0.1, -0.05) is 18.2 Å². The van der Waals surface area contributed by atoms with E-state index in [9.17, 15) is 22.8 Å². The maximum atomic E-state index is 13.5. The molecular formula is C20H17F3N4O3S. The van der Waals surface area contributed by atoms with E-state index in [2.05, 4.69) is 15.3 Å². The van der Waals surface area contributed by atoms with Crippen LogP contribution in [0.5, 0.6) is 6.01 Å². The molecule has 4 rings (SSSR count). The van der Waals surface area contributed by atoms with Gasteiger partial charge in [0.2, 0.25) is 0 Å². The van der Waals surface area contributed by atoms with Gasteiger partial charge in [0.1, 0.15) is 17.7 Å². The average molecular weight is 450 g/mol. The van der Waals surface area contributed by atoms with E-state index in [1.807, 2.05) is 6.07 Å². The topological polar surface area (TPSA) is 84.4 Å². The minimum absolute atomic E-state index is 0.0866. The smallest absolute Gasteiger partial charge is 0.420 e. The zero-order valence-corrected chi connectivity index (χ0v) is 17.3. The Kier molecular flexibility index (Phi) is 5.08. The number of thiophene rings is 1. The molecule has 2 aromatic heterocycles. The highest BCUT2D eigenvalue weighted by Crippen LogP contribution is 2.40. The molecule has 3 heterocycles. The Morgan fingerprint density at radius 2 is 1.97 bits per heavy atom. The molecule has 0 atom stereocenters. The highest BCUT2D eigenvalue weighted by atomic mass is 32.1. The summed E-state index contributed by atoms with van der Waals surface area (Å²) < 4.78 is 46.8. The van der Waals surface area contributed by atoms with Crippen LogP contribution < -0.4 is 10.1 Å². The number of alkyl halides is 3. The monoisotopic (exact) mass is 450 g/mol. The molecule has 1 saturated heterocycles. The lowest BCUT2D eigenvalue weighted by Crippen LogP contribution is -2.40. The van der Waals surface area contributed by atoms with Crippen molar-refractivity contribution in [3.05, 3.63) is 42.1 Å². The molecule has 162 valence electrons. The zero-order chi connectivity index (χ0) is 22.4. The molecule has 0 unspecified atom stereocenters. The standard InChI is InChI=1S/C20H17F3N4O3S/c1-19(2)16(28)27(18(29)26-19)7-8-30-17-24-10-12(20(21,22)23)15(25-17)14-9-11-5-3-4-6-13(11)31-14/h3-6,9-10H,7-8H2,1-2H3,(H,26,29). The predicted molar refractivity (Wildman–Crippen MR) is 108 cm³/mol. The van der Waals surface area contributed by atoms with Gasteiger partial charge in [-0.05, 0) is 31.4 Å². The number of urea groups is 1. The first-order chi connectivity index (χ1) is 14.6. The van der Waals surface area contributed by atoms with E-state index in [-0.39, 0.29) is 24.9 Å². The van der Waals surface area contributed by atoms with Crippen LogP contribution in [0, 0.1) is 0 Å². The summed E-state index contributed by atoms with van der Waals surface area (Å²) in [7, 11) is 0. The minimum Gasteiger partial charge on any atom is -0.462 e. The molecule has 1 fully saturated rings. The number of nitrogens with zero attached hydrogens (tertiary/aromatic N) is 3. The number of benzene rings is 1. The number of hydrogen-bond acceptors (Lipinski definition) is 6. The molecule has 1 N–H and O–H groups in total. The summed E-state index contributed by atoms with van der Waals surface area (Å²) in [5.41, 5.74) is -2.27. The molecule has 0 bridgehead atoms. The van der Waals surface area contributed by atoms with E-state index in [1.54, 1.807) is 38.1 Å². The fraction of sp³-hybridized carbons (Fsp3) is 0.300. The third kappa shape index (κ3) is 4.05. The van der Waals surface area contributed by atoms with Crippen molar-refractivity contribution < 1.29 is 27.5 Å². The molecule has 3 aromatic rings. The number of fused-ring (bicyclic) bond motifs is 1. The second-order valence-electron chi connectivity index (χ2n) is 7.42. The van der Waals surface area contributed by atoms with Crippen LogP contribution in [0.1, 0.15) is 19.4 Å². The lowest BCUT2D eigenvalue weighted by Gasteiger charge is -2.16. The summed E-state index contributed by atoms with van der Waals surface area (Å²) in [5.74, 6) is -0.416. The van der Waals surface area contributed by atoms with Gasteiger partial charge in [-0.15, -0.1) is 11.3 Å². The molecule has 31 heavy (non-hydrogen) atoms. The third-order valence-electron chi connectivity index (χ3n) is 4.72. The number of hydrogen-bond donors (Lipinski definition) is 1. The molecule has 0 spiro atoms. The van der Waals surface area contributed by atoms with Crippen molar-refractivity contribution >= 4 is 33.4 Å². The molecular weight excluding hydrogens is 433 g/mol. The fourth-order valence-electron chi connectivity index (χ4n) is 3.18. The second kappa shape index (κ2) is 7.49. The number of amides is 3.